The van der Waals surface area contributed by atoms with E-state index in [0.717, 1.165) is 6.42 Å². The molecule has 92 valence electrons. The van der Waals surface area contributed by atoms with Crippen molar-refractivity contribution in [3.8, 4) is 0 Å². The summed E-state index contributed by atoms with van der Waals surface area (Å²) in [5.41, 5.74) is 0.771. The zero-order valence-electron chi connectivity index (χ0n) is 10.1. The molecule has 1 aromatic heterocycles. The Labute approximate surface area is 99.4 Å². The van der Waals surface area contributed by atoms with E-state index in [1.807, 2.05) is 6.92 Å². The molecule has 0 atom stereocenters. The first-order valence-corrected chi connectivity index (χ1v) is 5.34. The molecule has 1 heterocycles. The highest BCUT2D eigenvalue weighted by Crippen LogP contribution is 2.14. The number of aryl methyl sites for hydroxylation is 1. The fourth-order valence-electron chi connectivity index (χ4n) is 1.53. The topological polar surface area (TPSA) is 76.3 Å². The van der Waals surface area contributed by atoms with E-state index in [0.29, 0.717) is 17.8 Å². The smallest absolute Gasteiger partial charge is 0.358 e. The first-order valence-electron chi connectivity index (χ1n) is 5.34. The number of aromatic nitrogens is 1. The summed E-state index contributed by atoms with van der Waals surface area (Å²) in [6.45, 7) is 4.21. The summed E-state index contributed by atoms with van der Waals surface area (Å²) in [6.07, 6.45) is 0.842. The molecule has 0 aliphatic heterocycles. The van der Waals surface area contributed by atoms with Crippen molar-refractivity contribution in [2.75, 3.05) is 13.6 Å². The fourth-order valence-corrected chi connectivity index (χ4v) is 1.53. The van der Waals surface area contributed by atoms with Crippen molar-refractivity contribution in [3.63, 3.8) is 0 Å². The maximum absolute atomic E-state index is 11.9. The first kappa shape index (κ1) is 13.1. The highest BCUT2D eigenvalue weighted by molar-refractivity contribution is 5.94. The van der Waals surface area contributed by atoms with Crippen LogP contribution in [0.2, 0.25) is 0 Å². The molecule has 1 rings (SSSR count). The predicted octanol–water partition coefficient (Wildman–Crippen LogP) is 1.78. The van der Waals surface area contributed by atoms with E-state index in [-0.39, 0.29) is 11.7 Å². The van der Waals surface area contributed by atoms with Crippen LogP contribution in [0.25, 0.3) is 0 Å². The van der Waals surface area contributed by atoms with Crippen LogP contribution < -0.4 is 0 Å². The lowest BCUT2D eigenvalue weighted by Crippen LogP contribution is -2.27. The van der Waals surface area contributed by atoms with Crippen LogP contribution in [0.15, 0.2) is 12.1 Å². The van der Waals surface area contributed by atoms with Crippen molar-refractivity contribution in [1.29, 1.82) is 0 Å². The highest BCUT2D eigenvalue weighted by Gasteiger charge is 2.17. The summed E-state index contributed by atoms with van der Waals surface area (Å²) in [5, 5.41) is 10.6. The number of hydrogen-bond donors (Lipinski definition) is 0. The van der Waals surface area contributed by atoms with Gasteiger partial charge in [0, 0.05) is 26.6 Å². The van der Waals surface area contributed by atoms with Gasteiger partial charge in [-0.1, -0.05) is 6.92 Å². The Balaban J connectivity index is 3.05. The number of nitro groups is 1. The molecule has 0 N–H and O–H groups in total. The summed E-state index contributed by atoms with van der Waals surface area (Å²) < 4.78 is 0. The molecule has 0 unspecified atom stereocenters. The summed E-state index contributed by atoms with van der Waals surface area (Å²) in [4.78, 5) is 27.3. The van der Waals surface area contributed by atoms with Crippen LogP contribution in [0.5, 0.6) is 0 Å². The van der Waals surface area contributed by atoms with Gasteiger partial charge in [0.25, 0.3) is 5.91 Å². The monoisotopic (exact) mass is 237 g/mol. The molecule has 0 saturated carbocycles. The molecule has 0 saturated heterocycles. The highest BCUT2D eigenvalue weighted by atomic mass is 16.6. The SMILES string of the molecule is CCCN(C)C(=O)c1cc(C)nc([N+](=O)[O-])c1. The standard InChI is InChI=1S/C11H15N3O3/c1-4-5-13(3)11(15)9-6-8(2)12-10(7-9)14(16)17/h6-7H,4-5H2,1-3H3. The number of amides is 1. The van der Waals surface area contributed by atoms with Crippen LogP contribution in [0.3, 0.4) is 0 Å². The Morgan fingerprint density at radius 2 is 2.18 bits per heavy atom. The quantitative estimate of drug-likeness (QED) is 0.590. The molecule has 0 radical (unpaired) electrons. The van der Waals surface area contributed by atoms with Gasteiger partial charge in [-0.2, -0.15) is 0 Å². The van der Waals surface area contributed by atoms with Crippen LogP contribution in [0.1, 0.15) is 29.4 Å². The van der Waals surface area contributed by atoms with Gasteiger partial charge in [0.05, 0.1) is 5.56 Å². The van der Waals surface area contributed by atoms with Crippen molar-refractivity contribution in [2.45, 2.75) is 20.3 Å². The number of carbonyl (C=O) groups is 1. The Bertz CT molecular complexity index is 446. The lowest BCUT2D eigenvalue weighted by molar-refractivity contribution is -0.389. The molecule has 0 aliphatic carbocycles. The average molecular weight is 237 g/mol. The van der Waals surface area contributed by atoms with E-state index in [1.54, 1.807) is 24.9 Å². The maximum atomic E-state index is 11.9. The zero-order chi connectivity index (χ0) is 13.0. The minimum absolute atomic E-state index is 0.222. The molecule has 1 aromatic rings. The minimum atomic E-state index is -0.594. The lowest BCUT2D eigenvalue weighted by atomic mass is 10.2. The molecular weight excluding hydrogens is 222 g/mol. The number of carbonyl (C=O) groups excluding carboxylic acids is 1. The van der Waals surface area contributed by atoms with Crippen molar-refractivity contribution in [2.24, 2.45) is 0 Å². The third kappa shape index (κ3) is 3.24. The number of nitrogens with zero attached hydrogens (tertiary/aromatic N) is 3. The Morgan fingerprint density at radius 1 is 1.53 bits per heavy atom. The van der Waals surface area contributed by atoms with Gasteiger partial charge in [-0.3, -0.25) is 4.79 Å². The maximum Gasteiger partial charge on any atom is 0.364 e. The summed E-state index contributed by atoms with van der Waals surface area (Å²) in [5.74, 6) is -0.515. The van der Waals surface area contributed by atoms with E-state index < -0.39 is 4.92 Å². The second-order valence-corrected chi connectivity index (χ2v) is 3.84. The van der Waals surface area contributed by atoms with Crippen LogP contribution >= 0.6 is 0 Å². The average Bonchev–Trinajstić information content (AvgIpc) is 2.27. The van der Waals surface area contributed by atoms with E-state index in [4.69, 9.17) is 0 Å². The molecule has 0 fully saturated rings. The van der Waals surface area contributed by atoms with Crippen LogP contribution in [-0.4, -0.2) is 34.3 Å². The van der Waals surface area contributed by atoms with Crippen molar-refractivity contribution >= 4 is 11.7 Å². The third-order valence-electron chi connectivity index (χ3n) is 2.28. The molecule has 6 heteroatoms. The summed E-state index contributed by atoms with van der Waals surface area (Å²) in [6, 6.07) is 2.77. The molecule has 0 spiro atoms. The summed E-state index contributed by atoms with van der Waals surface area (Å²) in [7, 11) is 1.67. The van der Waals surface area contributed by atoms with Gasteiger partial charge in [-0.15, -0.1) is 0 Å². The van der Waals surface area contributed by atoms with Crippen LogP contribution in [0.4, 0.5) is 5.82 Å². The molecule has 1 amide bonds. The molecule has 6 nitrogen and oxygen atoms in total. The number of pyridine rings is 1. The van der Waals surface area contributed by atoms with Crippen LogP contribution in [0, 0.1) is 17.0 Å². The molecule has 0 aromatic carbocycles. The second-order valence-electron chi connectivity index (χ2n) is 3.84. The van der Waals surface area contributed by atoms with Gasteiger partial charge in [0.1, 0.15) is 0 Å². The summed E-state index contributed by atoms with van der Waals surface area (Å²) >= 11 is 0. The van der Waals surface area contributed by atoms with Gasteiger partial charge >= 0.3 is 5.82 Å². The number of rotatable bonds is 4. The number of hydrogen-bond acceptors (Lipinski definition) is 4. The van der Waals surface area contributed by atoms with Crippen molar-refractivity contribution < 1.29 is 9.72 Å². The van der Waals surface area contributed by atoms with E-state index >= 15 is 0 Å². The van der Waals surface area contributed by atoms with Gasteiger partial charge in [0.15, 0.2) is 5.69 Å². The van der Waals surface area contributed by atoms with Crippen molar-refractivity contribution in [3.05, 3.63) is 33.5 Å². The molecule has 17 heavy (non-hydrogen) atoms. The third-order valence-corrected chi connectivity index (χ3v) is 2.28. The van der Waals surface area contributed by atoms with Gasteiger partial charge in [-0.25, -0.2) is 0 Å². The molecule has 0 bridgehead atoms. The van der Waals surface area contributed by atoms with Gasteiger partial charge < -0.3 is 15.0 Å². The van der Waals surface area contributed by atoms with E-state index in [2.05, 4.69) is 4.98 Å². The lowest BCUT2D eigenvalue weighted by Gasteiger charge is -2.15. The van der Waals surface area contributed by atoms with Crippen LogP contribution in [-0.2, 0) is 0 Å². The predicted molar refractivity (Wildman–Crippen MR) is 62.9 cm³/mol. The van der Waals surface area contributed by atoms with Crippen molar-refractivity contribution in [1.82, 2.24) is 9.88 Å². The van der Waals surface area contributed by atoms with Gasteiger partial charge in [-0.05, 0) is 22.4 Å². The zero-order valence-corrected chi connectivity index (χ0v) is 10.1. The van der Waals surface area contributed by atoms with E-state index in [1.165, 1.54) is 6.07 Å². The molecular formula is C11H15N3O3. The Hall–Kier alpha value is -1.98. The Morgan fingerprint density at radius 3 is 2.71 bits per heavy atom. The fraction of sp³-hybridized carbons (Fsp3) is 0.455. The van der Waals surface area contributed by atoms with Gasteiger partial charge in [0.2, 0.25) is 0 Å². The minimum Gasteiger partial charge on any atom is -0.358 e. The Kier molecular flexibility index (Phi) is 4.14. The van der Waals surface area contributed by atoms with E-state index in [9.17, 15) is 14.9 Å². The first-order chi connectivity index (χ1) is 7.95. The molecule has 0 aliphatic rings. The largest absolute Gasteiger partial charge is 0.364 e. The second kappa shape index (κ2) is 5.38. The normalized spacial score (nSPS) is 10.1.